The Balaban J connectivity index is 2.99. The Kier molecular flexibility index (Phi) is 6.25. The van der Waals surface area contributed by atoms with Crippen LogP contribution in [0.4, 0.5) is 0 Å². The zero-order chi connectivity index (χ0) is 17.0. The predicted octanol–water partition coefficient (Wildman–Crippen LogP) is 1.59. The molecule has 122 valence electrons. The number of aliphatic hydroxyl groups is 2. The van der Waals surface area contributed by atoms with Gasteiger partial charge in [-0.15, -0.1) is 0 Å². The minimum absolute atomic E-state index is 0.0698. The van der Waals surface area contributed by atoms with E-state index >= 15 is 0 Å². The highest BCUT2D eigenvalue weighted by molar-refractivity contribution is 6.80. The van der Waals surface area contributed by atoms with E-state index in [2.05, 4.69) is 62.1 Å². The van der Waals surface area contributed by atoms with Crippen LogP contribution in [0.3, 0.4) is 0 Å². The highest BCUT2D eigenvalue weighted by Gasteiger charge is 2.56. The number of aliphatic hydroxyl groups excluding tert-OH is 2. The van der Waals surface area contributed by atoms with Gasteiger partial charge in [0.1, 0.15) is 13.2 Å². The maximum atomic E-state index is 12.6. The fourth-order valence-corrected chi connectivity index (χ4v) is 5.12. The normalized spacial score (nSPS) is 21.4. The van der Waals surface area contributed by atoms with Gasteiger partial charge in [-0.25, -0.2) is 0 Å². The Bertz CT molecular complexity index is 528. The molecule has 2 N–H and O–H groups in total. The van der Waals surface area contributed by atoms with E-state index in [0.717, 1.165) is 0 Å². The van der Waals surface area contributed by atoms with E-state index in [1.54, 1.807) is 0 Å². The van der Waals surface area contributed by atoms with Crippen LogP contribution in [0.15, 0.2) is 0 Å². The third-order valence-electron chi connectivity index (χ3n) is 4.83. The zero-order valence-electron chi connectivity index (χ0n) is 14.2. The molecule has 2 atom stereocenters. The summed E-state index contributed by atoms with van der Waals surface area (Å²) in [5.74, 6) is 11.1. The quantitative estimate of drug-likeness (QED) is 0.471. The van der Waals surface area contributed by atoms with Gasteiger partial charge < -0.3 is 14.8 Å². The van der Waals surface area contributed by atoms with E-state index in [1.807, 2.05) is 0 Å². The Morgan fingerprint density at radius 1 is 1.05 bits per heavy atom. The molecule has 1 aliphatic rings. The summed E-state index contributed by atoms with van der Waals surface area (Å²) in [6, 6.07) is 0.0698. The first-order valence-electron chi connectivity index (χ1n) is 7.64. The first-order valence-corrected chi connectivity index (χ1v) is 10.6. The molecule has 1 saturated heterocycles. The SMILES string of the molecule is CC(C)(C)[Si](C)(C)N1C(=O)[C@@H](CC#CCO)[C@@H]1CC#CCO. The molecule has 0 aromatic heterocycles. The van der Waals surface area contributed by atoms with Gasteiger partial charge in [-0.1, -0.05) is 57.5 Å². The molecular formula is C17H27NO3Si. The van der Waals surface area contributed by atoms with E-state index in [-0.39, 0.29) is 36.1 Å². The molecule has 0 aromatic carbocycles. The maximum absolute atomic E-state index is 12.6. The van der Waals surface area contributed by atoms with Crippen LogP contribution in [0, 0.1) is 29.6 Å². The molecule has 0 unspecified atom stereocenters. The number of amides is 1. The molecule has 0 aliphatic carbocycles. The van der Waals surface area contributed by atoms with Gasteiger partial charge in [0, 0.05) is 18.9 Å². The molecular weight excluding hydrogens is 294 g/mol. The fraction of sp³-hybridized carbons (Fsp3) is 0.706. The van der Waals surface area contributed by atoms with E-state index < -0.39 is 8.24 Å². The minimum atomic E-state index is -1.94. The number of rotatable bonds is 3. The molecule has 5 heteroatoms. The number of β-lactam (4-membered cyclic amide) rings is 1. The van der Waals surface area contributed by atoms with E-state index in [1.165, 1.54) is 0 Å². The van der Waals surface area contributed by atoms with Crippen LogP contribution in [0.2, 0.25) is 18.1 Å². The lowest BCUT2D eigenvalue weighted by molar-refractivity contribution is -0.147. The van der Waals surface area contributed by atoms with Crippen LogP contribution in [-0.4, -0.2) is 48.2 Å². The Labute approximate surface area is 135 Å². The highest BCUT2D eigenvalue weighted by atomic mass is 28.3. The molecule has 1 heterocycles. The van der Waals surface area contributed by atoms with Crippen LogP contribution in [0.1, 0.15) is 33.6 Å². The van der Waals surface area contributed by atoms with Gasteiger partial charge in [0.25, 0.3) is 0 Å². The summed E-state index contributed by atoms with van der Waals surface area (Å²) in [7, 11) is -1.94. The summed E-state index contributed by atoms with van der Waals surface area (Å²) in [6.07, 6.45) is 1.04. The number of carbonyl (C=O) groups excluding carboxylic acids is 1. The first kappa shape index (κ1) is 18.8. The van der Waals surface area contributed by atoms with Crippen LogP contribution in [-0.2, 0) is 4.79 Å². The second kappa shape index (κ2) is 7.33. The highest BCUT2D eigenvalue weighted by Crippen LogP contribution is 2.46. The minimum Gasteiger partial charge on any atom is -0.384 e. The predicted molar refractivity (Wildman–Crippen MR) is 90.3 cm³/mol. The molecule has 0 radical (unpaired) electrons. The van der Waals surface area contributed by atoms with Gasteiger partial charge in [-0.05, 0) is 5.04 Å². The number of nitrogens with zero attached hydrogens (tertiary/aromatic N) is 1. The van der Waals surface area contributed by atoms with E-state index in [9.17, 15) is 4.79 Å². The summed E-state index contributed by atoms with van der Waals surface area (Å²) in [5, 5.41) is 17.6. The lowest BCUT2D eigenvalue weighted by Crippen LogP contribution is -2.72. The van der Waals surface area contributed by atoms with Gasteiger partial charge in [0.2, 0.25) is 5.91 Å². The van der Waals surface area contributed by atoms with Crippen molar-refractivity contribution in [3.63, 3.8) is 0 Å². The van der Waals surface area contributed by atoms with Crippen molar-refractivity contribution in [2.75, 3.05) is 13.2 Å². The van der Waals surface area contributed by atoms with Crippen LogP contribution >= 0.6 is 0 Å². The number of hydrogen-bond acceptors (Lipinski definition) is 3. The average molecular weight is 321 g/mol. The van der Waals surface area contributed by atoms with Gasteiger partial charge in [0.15, 0.2) is 8.24 Å². The molecule has 0 bridgehead atoms. The number of hydrogen-bond donors (Lipinski definition) is 2. The van der Waals surface area contributed by atoms with Crippen LogP contribution in [0.5, 0.6) is 0 Å². The molecule has 0 saturated carbocycles. The van der Waals surface area contributed by atoms with E-state index in [4.69, 9.17) is 10.2 Å². The van der Waals surface area contributed by atoms with E-state index in [0.29, 0.717) is 12.8 Å². The van der Waals surface area contributed by atoms with Gasteiger partial charge >= 0.3 is 0 Å². The second-order valence-electron chi connectivity index (χ2n) is 7.12. The Morgan fingerprint density at radius 2 is 1.55 bits per heavy atom. The van der Waals surface area contributed by atoms with Crippen molar-refractivity contribution >= 4 is 14.1 Å². The summed E-state index contributed by atoms with van der Waals surface area (Å²) >= 11 is 0. The van der Waals surface area contributed by atoms with Gasteiger partial charge in [-0.2, -0.15) is 0 Å². The van der Waals surface area contributed by atoms with Crippen molar-refractivity contribution < 1.29 is 15.0 Å². The largest absolute Gasteiger partial charge is 0.384 e. The van der Waals surface area contributed by atoms with Crippen LogP contribution in [0.25, 0.3) is 0 Å². The monoisotopic (exact) mass is 321 g/mol. The molecule has 0 spiro atoms. The van der Waals surface area contributed by atoms with Crippen molar-refractivity contribution in [2.45, 2.75) is 57.8 Å². The molecule has 22 heavy (non-hydrogen) atoms. The first-order chi connectivity index (χ1) is 10.2. The van der Waals surface area contributed by atoms with Crippen molar-refractivity contribution in [1.29, 1.82) is 0 Å². The summed E-state index contributed by atoms with van der Waals surface area (Å²) in [6.45, 7) is 10.6. The summed E-state index contributed by atoms with van der Waals surface area (Å²) in [4.78, 5) is 12.6. The average Bonchev–Trinajstić information content (AvgIpc) is 2.41. The van der Waals surface area contributed by atoms with Gasteiger partial charge in [-0.3, -0.25) is 4.79 Å². The topological polar surface area (TPSA) is 60.8 Å². The third kappa shape index (κ3) is 3.73. The maximum Gasteiger partial charge on any atom is 0.221 e. The van der Waals surface area contributed by atoms with Crippen molar-refractivity contribution in [3.8, 4) is 23.7 Å². The molecule has 1 amide bonds. The standard InChI is InChI=1S/C17H27NO3Si/c1-17(2,3)22(4,5)18-15(11-7-9-13-20)14(16(18)21)10-6-8-12-19/h14-15,19-20H,10-13H2,1-5H3/t14-,15-/m0/s1. The molecule has 1 rings (SSSR count). The van der Waals surface area contributed by atoms with Crippen molar-refractivity contribution in [1.82, 2.24) is 4.57 Å². The number of carbonyl (C=O) groups is 1. The molecule has 0 aromatic rings. The summed E-state index contributed by atoms with van der Waals surface area (Å²) < 4.78 is 2.06. The second-order valence-corrected chi connectivity index (χ2v) is 12.2. The lowest BCUT2D eigenvalue weighted by Gasteiger charge is -2.58. The molecule has 4 nitrogen and oxygen atoms in total. The smallest absolute Gasteiger partial charge is 0.221 e. The van der Waals surface area contributed by atoms with Crippen molar-refractivity contribution in [2.24, 2.45) is 5.92 Å². The lowest BCUT2D eigenvalue weighted by atomic mass is 9.85. The molecule has 1 fully saturated rings. The zero-order valence-corrected chi connectivity index (χ0v) is 15.2. The fourth-order valence-electron chi connectivity index (χ4n) is 2.58. The Morgan fingerprint density at radius 3 is 2.00 bits per heavy atom. The van der Waals surface area contributed by atoms with Crippen molar-refractivity contribution in [3.05, 3.63) is 0 Å². The van der Waals surface area contributed by atoms with Gasteiger partial charge in [0.05, 0.1) is 5.92 Å². The third-order valence-corrected chi connectivity index (χ3v) is 10.3. The molecule has 1 aliphatic heterocycles. The summed E-state index contributed by atoms with van der Waals surface area (Å²) in [5.41, 5.74) is 0. The van der Waals surface area contributed by atoms with Crippen LogP contribution < -0.4 is 0 Å². The Hall–Kier alpha value is -1.27.